The molecule has 1 unspecified atom stereocenters. The van der Waals surface area contributed by atoms with Crippen LogP contribution < -0.4 is 0 Å². The molecule has 90 valence electrons. The predicted octanol–water partition coefficient (Wildman–Crippen LogP) is 3.08. The first-order chi connectivity index (χ1) is 7.66. The van der Waals surface area contributed by atoms with E-state index in [4.69, 9.17) is 0 Å². The van der Waals surface area contributed by atoms with Gasteiger partial charge in [-0.15, -0.1) is 0 Å². The van der Waals surface area contributed by atoms with Gasteiger partial charge in [0.1, 0.15) is 0 Å². The molecule has 3 heteroatoms. The van der Waals surface area contributed by atoms with Gasteiger partial charge in [0.2, 0.25) is 0 Å². The minimum Gasteiger partial charge on any atom is -0.388 e. The summed E-state index contributed by atoms with van der Waals surface area (Å²) < 4.78 is 1.91. The number of hydrogen-bond donors (Lipinski definition) is 1. The van der Waals surface area contributed by atoms with Crippen molar-refractivity contribution in [3.8, 4) is 0 Å². The van der Waals surface area contributed by atoms with Crippen LogP contribution in [0.1, 0.15) is 63.7 Å². The smallest absolute Gasteiger partial charge is 0.0823 e. The van der Waals surface area contributed by atoms with Crippen molar-refractivity contribution < 1.29 is 5.11 Å². The van der Waals surface area contributed by atoms with Crippen molar-refractivity contribution in [1.29, 1.82) is 0 Å². The van der Waals surface area contributed by atoms with Crippen LogP contribution in [0.15, 0.2) is 12.4 Å². The van der Waals surface area contributed by atoms with E-state index >= 15 is 0 Å². The standard InChI is InChI=1S/C13H22N2O/c1-10(2)15-9-12(8-14-15)13(16)7-11-5-3-4-6-11/h8-11,13,16H,3-7H2,1-2H3. The molecule has 1 heterocycles. The number of aliphatic hydroxyl groups is 1. The highest BCUT2D eigenvalue weighted by Crippen LogP contribution is 2.32. The molecule has 1 aromatic heterocycles. The van der Waals surface area contributed by atoms with Gasteiger partial charge in [0, 0.05) is 17.8 Å². The minimum atomic E-state index is -0.324. The van der Waals surface area contributed by atoms with Crippen molar-refractivity contribution in [1.82, 2.24) is 9.78 Å². The van der Waals surface area contributed by atoms with E-state index < -0.39 is 0 Å². The number of rotatable bonds is 4. The highest BCUT2D eigenvalue weighted by atomic mass is 16.3. The Morgan fingerprint density at radius 1 is 1.44 bits per heavy atom. The second kappa shape index (κ2) is 5.00. The van der Waals surface area contributed by atoms with Crippen LogP contribution in [0.3, 0.4) is 0 Å². The van der Waals surface area contributed by atoms with Gasteiger partial charge in [-0.1, -0.05) is 25.7 Å². The molecule has 3 nitrogen and oxygen atoms in total. The Bertz CT molecular complexity index is 326. The van der Waals surface area contributed by atoms with Crippen molar-refractivity contribution >= 4 is 0 Å². The van der Waals surface area contributed by atoms with Crippen molar-refractivity contribution in [2.75, 3.05) is 0 Å². The molecule has 2 rings (SSSR count). The first-order valence-corrected chi connectivity index (χ1v) is 6.39. The number of hydrogen-bond acceptors (Lipinski definition) is 2. The molecular weight excluding hydrogens is 200 g/mol. The highest BCUT2D eigenvalue weighted by molar-refractivity contribution is 5.08. The van der Waals surface area contributed by atoms with Crippen LogP contribution in [0.4, 0.5) is 0 Å². The van der Waals surface area contributed by atoms with Crippen LogP contribution >= 0.6 is 0 Å². The zero-order valence-electron chi connectivity index (χ0n) is 10.3. The summed E-state index contributed by atoms with van der Waals surface area (Å²) in [6.07, 6.45) is 9.61. The molecule has 1 N–H and O–H groups in total. The average molecular weight is 222 g/mol. The van der Waals surface area contributed by atoms with Crippen LogP contribution in [0.25, 0.3) is 0 Å². The summed E-state index contributed by atoms with van der Waals surface area (Å²) in [5.41, 5.74) is 0.973. The Hall–Kier alpha value is -0.830. The van der Waals surface area contributed by atoms with E-state index in [2.05, 4.69) is 18.9 Å². The lowest BCUT2D eigenvalue weighted by molar-refractivity contribution is 0.145. The molecule has 0 aromatic carbocycles. The number of aromatic nitrogens is 2. The highest BCUT2D eigenvalue weighted by Gasteiger charge is 2.20. The normalized spacial score (nSPS) is 19.5. The Kier molecular flexibility index (Phi) is 3.64. The van der Waals surface area contributed by atoms with Gasteiger partial charge in [0.15, 0.2) is 0 Å². The number of aliphatic hydroxyl groups excluding tert-OH is 1. The summed E-state index contributed by atoms with van der Waals surface area (Å²) in [6.45, 7) is 4.19. The van der Waals surface area contributed by atoms with Gasteiger partial charge in [-0.3, -0.25) is 4.68 Å². The second-order valence-corrected chi connectivity index (χ2v) is 5.25. The fourth-order valence-electron chi connectivity index (χ4n) is 2.51. The quantitative estimate of drug-likeness (QED) is 0.850. The third kappa shape index (κ3) is 2.64. The van der Waals surface area contributed by atoms with Gasteiger partial charge in [0.25, 0.3) is 0 Å². The molecular formula is C13H22N2O. The van der Waals surface area contributed by atoms with Crippen LogP contribution in [-0.2, 0) is 0 Å². The van der Waals surface area contributed by atoms with E-state index in [1.165, 1.54) is 25.7 Å². The zero-order chi connectivity index (χ0) is 11.5. The molecule has 0 aliphatic heterocycles. The summed E-state index contributed by atoms with van der Waals surface area (Å²) in [7, 11) is 0. The Morgan fingerprint density at radius 3 is 2.69 bits per heavy atom. The first kappa shape index (κ1) is 11.6. The molecule has 1 saturated carbocycles. The molecule has 16 heavy (non-hydrogen) atoms. The maximum Gasteiger partial charge on any atom is 0.0823 e. The fourth-order valence-corrected chi connectivity index (χ4v) is 2.51. The van der Waals surface area contributed by atoms with Crippen molar-refractivity contribution in [3.63, 3.8) is 0 Å². The topological polar surface area (TPSA) is 38.0 Å². The summed E-state index contributed by atoms with van der Waals surface area (Å²) in [6, 6.07) is 0.368. The maximum atomic E-state index is 10.1. The van der Waals surface area contributed by atoms with Crippen molar-refractivity contribution in [2.45, 2.75) is 58.1 Å². The molecule has 0 bridgehead atoms. The summed E-state index contributed by atoms with van der Waals surface area (Å²) >= 11 is 0. The third-order valence-electron chi connectivity index (χ3n) is 3.57. The fraction of sp³-hybridized carbons (Fsp3) is 0.769. The number of nitrogens with zero attached hydrogens (tertiary/aromatic N) is 2. The minimum absolute atomic E-state index is 0.324. The van der Waals surface area contributed by atoms with Gasteiger partial charge in [-0.05, 0) is 26.2 Å². The molecule has 1 aliphatic carbocycles. The molecule has 1 fully saturated rings. The molecule has 1 atom stereocenters. The molecule has 0 saturated heterocycles. The summed E-state index contributed by atoms with van der Waals surface area (Å²) in [4.78, 5) is 0. The lowest BCUT2D eigenvalue weighted by Crippen LogP contribution is -2.04. The van der Waals surface area contributed by atoms with E-state index in [9.17, 15) is 5.11 Å². The van der Waals surface area contributed by atoms with Gasteiger partial charge >= 0.3 is 0 Å². The Labute approximate surface area is 97.5 Å². The Morgan fingerprint density at radius 2 is 2.12 bits per heavy atom. The monoisotopic (exact) mass is 222 g/mol. The molecule has 0 amide bonds. The lowest BCUT2D eigenvalue weighted by Gasteiger charge is -2.13. The van der Waals surface area contributed by atoms with E-state index in [0.717, 1.165) is 17.9 Å². The largest absolute Gasteiger partial charge is 0.388 e. The maximum absolute atomic E-state index is 10.1. The van der Waals surface area contributed by atoms with Gasteiger partial charge in [0.05, 0.1) is 12.3 Å². The first-order valence-electron chi connectivity index (χ1n) is 6.39. The predicted molar refractivity (Wildman–Crippen MR) is 64.1 cm³/mol. The van der Waals surface area contributed by atoms with Crippen molar-refractivity contribution in [2.24, 2.45) is 5.92 Å². The second-order valence-electron chi connectivity index (χ2n) is 5.25. The summed E-state index contributed by atoms with van der Waals surface area (Å²) in [5, 5.41) is 14.4. The van der Waals surface area contributed by atoms with Crippen LogP contribution in [0.5, 0.6) is 0 Å². The lowest BCUT2D eigenvalue weighted by atomic mass is 9.97. The third-order valence-corrected chi connectivity index (χ3v) is 3.57. The van der Waals surface area contributed by atoms with Crippen LogP contribution in [0, 0.1) is 5.92 Å². The molecule has 1 aliphatic rings. The van der Waals surface area contributed by atoms with E-state index in [1.54, 1.807) is 6.20 Å². The van der Waals surface area contributed by atoms with E-state index in [1.807, 2.05) is 10.9 Å². The van der Waals surface area contributed by atoms with Gasteiger partial charge in [-0.2, -0.15) is 5.10 Å². The van der Waals surface area contributed by atoms with Crippen molar-refractivity contribution in [3.05, 3.63) is 18.0 Å². The van der Waals surface area contributed by atoms with Gasteiger partial charge < -0.3 is 5.11 Å². The summed E-state index contributed by atoms with van der Waals surface area (Å²) in [5.74, 6) is 0.720. The average Bonchev–Trinajstić information content (AvgIpc) is 2.86. The van der Waals surface area contributed by atoms with Crippen LogP contribution in [0.2, 0.25) is 0 Å². The van der Waals surface area contributed by atoms with Crippen LogP contribution in [-0.4, -0.2) is 14.9 Å². The molecule has 1 aromatic rings. The zero-order valence-corrected chi connectivity index (χ0v) is 10.3. The van der Waals surface area contributed by atoms with Gasteiger partial charge in [-0.25, -0.2) is 0 Å². The Balaban J connectivity index is 1.94. The van der Waals surface area contributed by atoms with E-state index in [-0.39, 0.29) is 6.10 Å². The SMILES string of the molecule is CC(C)n1cc(C(O)CC2CCCC2)cn1. The molecule has 0 spiro atoms. The van der Waals surface area contributed by atoms with E-state index in [0.29, 0.717) is 6.04 Å². The molecule has 0 radical (unpaired) electrons.